The fourth-order valence-electron chi connectivity index (χ4n) is 5.58. The zero-order valence-electron chi connectivity index (χ0n) is 18.6. The van der Waals surface area contributed by atoms with Crippen LogP contribution in [0.5, 0.6) is 5.75 Å². The molecular weight excluding hydrogens is 446 g/mol. The van der Waals surface area contributed by atoms with E-state index in [1.165, 1.54) is 24.4 Å². The Kier molecular flexibility index (Phi) is 4.95. The van der Waals surface area contributed by atoms with Crippen LogP contribution in [0.1, 0.15) is 17.5 Å². The number of rotatable bonds is 6. The number of nitro benzene ring substituents is 1. The fraction of sp³-hybridized carbons (Fsp3) is 0.222. The maximum Gasteiger partial charge on any atom is 0.270 e. The first-order valence-corrected chi connectivity index (χ1v) is 11.5. The molecule has 0 radical (unpaired) electrons. The molecule has 1 heterocycles. The topological polar surface area (TPSA) is 102 Å². The Morgan fingerprint density at radius 1 is 1.00 bits per heavy atom. The number of carbonyl (C=O) groups is 2. The van der Waals surface area contributed by atoms with E-state index >= 15 is 0 Å². The highest BCUT2D eigenvalue weighted by molar-refractivity contribution is 6.07. The number of hydrazone groups is 1. The van der Waals surface area contributed by atoms with Gasteiger partial charge in [0, 0.05) is 17.7 Å². The molecule has 3 aromatic rings. The first kappa shape index (κ1) is 21.2. The van der Waals surface area contributed by atoms with E-state index in [-0.39, 0.29) is 47.8 Å². The molecule has 1 saturated heterocycles. The summed E-state index contributed by atoms with van der Waals surface area (Å²) in [6, 6.07) is 18.1. The predicted molar refractivity (Wildman–Crippen MR) is 129 cm³/mol. The van der Waals surface area contributed by atoms with Gasteiger partial charge in [-0.3, -0.25) is 19.7 Å². The van der Waals surface area contributed by atoms with E-state index in [1.807, 2.05) is 54.6 Å². The number of nitrogens with zero attached hydrogens (tertiary/aromatic N) is 3. The van der Waals surface area contributed by atoms with Gasteiger partial charge >= 0.3 is 0 Å². The van der Waals surface area contributed by atoms with Crippen LogP contribution >= 0.6 is 0 Å². The number of fused-ring (bicyclic) bond motifs is 6. The SMILES string of the molecule is O=C1[C@@H]2[C@H](C(=O)N1N=Cc1cc([N+](=O)[O-])ccc1OCc1cccc3ccccc13)[C@H]1C=C[C@H]2C1. The average Bonchev–Trinajstić information content (AvgIpc) is 3.55. The van der Waals surface area contributed by atoms with Gasteiger partial charge in [0.15, 0.2) is 0 Å². The van der Waals surface area contributed by atoms with Gasteiger partial charge < -0.3 is 4.74 Å². The molecule has 1 saturated carbocycles. The molecule has 3 aliphatic rings. The number of amides is 2. The Labute approximate surface area is 200 Å². The molecule has 2 fully saturated rings. The summed E-state index contributed by atoms with van der Waals surface area (Å²) in [5, 5.41) is 18.6. The molecule has 1 aliphatic heterocycles. The monoisotopic (exact) mass is 467 g/mol. The van der Waals surface area contributed by atoms with E-state index < -0.39 is 4.92 Å². The Hall–Kier alpha value is -4.33. The van der Waals surface area contributed by atoms with Crippen LogP contribution < -0.4 is 4.74 Å². The lowest BCUT2D eigenvalue weighted by Gasteiger charge is -2.13. The van der Waals surface area contributed by atoms with Crippen molar-refractivity contribution in [2.75, 3.05) is 0 Å². The van der Waals surface area contributed by atoms with Gasteiger partial charge in [-0.1, -0.05) is 54.6 Å². The average molecular weight is 467 g/mol. The number of hydrogen-bond donors (Lipinski definition) is 0. The van der Waals surface area contributed by atoms with Crippen LogP contribution in [0.4, 0.5) is 5.69 Å². The summed E-state index contributed by atoms with van der Waals surface area (Å²) in [4.78, 5) is 36.7. The first-order valence-electron chi connectivity index (χ1n) is 11.5. The minimum absolute atomic E-state index is 0.0825. The molecule has 4 atom stereocenters. The van der Waals surface area contributed by atoms with Crippen molar-refractivity contribution in [3.05, 3.63) is 94.1 Å². The third-order valence-electron chi connectivity index (χ3n) is 7.23. The number of allylic oxidation sites excluding steroid dienone is 2. The van der Waals surface area contributed by atoms with Gasteiger partial charge in [0.25, 0.3) is 17.5 Å². The van der Waals surface area contributed by atoms with Crippen LogP contribution in [-0.2, 0) is 16.2 Å². The highest BCUT2D eigenvalue weighted by Gasteiger charge is 2.59. The molecule has 6 rings (SSSR count). The second-order valence-corrected chi connectivity index (χ2v) is 9.14. The minimum Gasteiger partial charge on any atom is -0.488 e. The number of benzene rings is 3. The van der Waals surface area contributed by atoms with Gasteiger partial charge in [-0.25, -0.2) is 0 Å². The van der Waals surface area contributed by atoms with Gasteiger partial charge in [0.1, 0.15) is 12.4 Å². The van der Waals surface area contributed by atoms with Gasteiger partial charge in [0.05, 0.1) is 23.0 Å². The highest BCUT2D eigenvalue weighted by Crippen LogP contribution is 2.52. The number of ether oxygens (including phenoxy) is 1. The predicted octanol–water partition coefficient (Wildman–Crippen LogP) is 4.47. The maximum atomic E-state index is 12.9. The van der Waals surface area contributed by atoms with E-state index in [4.69, 9.17) is 4.74 Å². The quantitative estimate of drug-likeness (QED) is 0.175. The van der Waals surface area contributed by atoms with E-state index in [0.29, 0.717) is 11.3 Å². The number of carbonyl (C=O) groups excluding carboxylic acids is 2. The van der Waals surface area contributed by atoms with Crippen molar-refractivity contribution in [2.45, 2.75) is 13.0 Å². The molecule has 0 aromatic heterocycles. The van der Waals surface area contributed by atoms with Crippen molar-refractivity contribution in [3.8, 4) is 5.75 Å². The molecular formula is C27H21N3O5. The molecule has 174 valence electrons. The Balaban J connectivity index is 1.28. The van der Waals surface area contributed by atoms with Crippen molar-refractivity contribution in [1.82, 2.24) is 5.01 Å². The molecule has 8 heteroatoms. The summed E-state index contributed by atoms with van der Waals surface area (Å²) in [7, 11) is 0. The van der Waals surface area contributed by atoms with Crippen LogP contribution in [-0.4, -0.2) is 28.0 Å². The Morgan fingerprint density at radius 2 is 1.71 bits per heavy atom. The van der Waals surface area contributed by atoms with Crippen LogP contribution in [0.3, 0.4) is 0 Å². The van der Waals surface area contributed by atoms with Gasteiger partial charge in [-0.15, -0.1) is 0 Å². The van der Waals surface area contributed by atoms with Crippen molar-refractivity contribution >= 4 is 34.5 Å². The zero-order valence-corrected chi connectivity index (χ0v) is 18.6. The van der Waals surface area contributed by atoms with Gasteiger partial charge in [-0.05, 0) is 40.7 Å². The Morgan fingerprint density at radius 3 is 2.46 bits per heavy atom. The molecule has 8 nitrogen and oxygen atoms in total. The number of non-ortho nitro benzene ring substituents is 1. The standard InChI is InChI=1S/C27H21N3O5/c31-26-24-17-8-9-18(12-17)25(24)27(32)29(26)28-14-20-13-21(30(33)34)10-11-23(20)35-15-19-6-3-5-16-4-1-2-7-22(16)19/h1-11,13-14,17-18,24-25H,12,15H2/t17-,18-,24-,25+/m0/s1. The van der Waals surface area contributed by atoms with Crippen LogP contribution in [0.2, 0.25) is 0 Å². The van der Waals surface area contributed by atoms with Gasteiger partial charge in [-0.2, -0.15) is 10.1 Å². The van der Waals surface area contributed by atoms with E-state index in [0.717, 1.165) is 27.8 Å². The third-order valence-corrected chi connectivity index (χ3v) is 7.23. The second kappa shape index (κ2) is 8.16. The van der Waals surface area contributed by atoms with Crippen molar-refractivity contribution in [2.24, 2.45) is 28.8 Å². The smallest absolute Gasteiger partial charge is 0.270 e. The van der Waals surface area contributed by atoms with Crippen LogP contribution in [0.15, 0.2) is 77.9 Å². The van der Waals surface area contributed by atoms with Crippen LogP contribution in [0, 0.1) is 33.8 Å². The summed E-state index contributed by atoms with van der Waals surface area (Å²) < 4.78 is 6.04. The molecule has 3 aromatic carbocycles. The Bertz CT molecular complexity index is 1410. The maximum absolute atomic E-state index is 12.9. The highest BCUT2D eigenvalue weighted by atomic mass is 16.6. The third kappa shape index (κ3) is 3.49. The van der Waals surface area contributed by atoms with Crippen molar-refractivity contribution in [3.63, 3.8) is 0 Å². The lowest BCUT2D eigenvalue weighted by atomic mass is 9.85. The fourth-order valence-corrected chi connectivity index (χ4v) is 5.58. The summed E-state index contributed by atoms with van der Waals surface area (Å²) >= 11 is 0. The molecule has 0 unspecified atom stereocenters. The number of nitro groups is 1. The molecule has 35 heavy (non-hydrogen) atoms. The van der Waals surface area contributed by atoms with Gasteiger partial charge in [0.2, 0.25) is 0 Å². The zero-order chi connectivity index (χ0) is 24.1. The molecule has 0 N–H and O–H groups in total. The first-order chi connectivity index (χ1) is 17.0. The summed E-state index contributed by atoms with van der Waals surface area (Å²) in [6.07, 6.45) is 6.17. The van der Waals surface area contributed by atoms with E-state index in [1.54, 1.807) is 0 Å². The lowest BCUT2D eigenvalue weighted by molar-refractivity contribution is -0.384. The number of hydrogen-bond acceptors (Lipinski definition) is 6. The second-order valence-electron chi connectivity index (χ2n) is 9.14. The largest absolute Gasteiger partial charge is 0.488 e. The molecule has 2 amide bonds. The summed E-state index contributed by atoms with van der Waals surface area (Å²) in [5.41, 5.74) is 1.14. The van der Waals surface area contributed by atoms with Crippen molar-refractivity contribution < 1.29 is 19.2 Å². The minimum atomic E-state index is -0.508. The molecule has 0 spiro atoms. The van der Waals surface area contributed by atoms with Crippen LogP contribution in [0.25, 0.3) is 10.8 Å². The molecule has 2 bridgehead atoms. The normalized spacial score (nSPS) is 24.6. The summed E-state index contributed by atoms with van der Waals surface area (Å²) in [5.74, 6) is -0.802. The number of imide groups is 1. The molecule has 2 aliphatic carbocycles. The lowest BCUT2D eigenvalue weighted by Crippen LogP contribution is -2.28. The van der Waals surface area contributed by atoms with E-state index in [9.17, 15) is 19.7 Å². The summed E-state index contributed by atoms with van der Waals surface area (Å²) in [6.45, 7) is 0.237. The van der Waals surface area contributed by atoms with Crippen molar-refractivity contribution in [1.29, 1.82) is 0 Å². The van der Waals surface area contributed by atoms with E-state index in [2.05, 4.69) is 5.10 Å².